The zero-order valence-electron chi connectivity index (χ0n) is 10.9. The predicted molar refractivity (Wildman–Crippen MR) is 74.2 cm³/mol. The normalized spacial score (nSPS) is 23.3. The molecule has 0 spiro atoms. The third-order valence-electron chi connectivity index (χ3n) is 4.09. The van der Waals surface area contributed by atoms with Crippen molar-refractivity contribution in [1.82, 2.24) is 10.2 Å². The third-order valence-corrected chi connectivity index (χ3v) is 4.09. The van der Waals surface area contributed by atoms with Crippen LogP contribution in [0.5, 0.6) is 0 Å². The molecule has 0 aromatic heterocycles. The van der Waals surface area contributed by atoms with Gasteiger partial charge in [-0.2, -0.15) is 0 Å². The van der Waals surface area contributed by atoms with E-state index >= 15 is 0 Å². The van der Waals surface area contributed by atoms with Crippen LogP contribution >= 0.6 is 0 Å². The lowest BCUT2D eigenvalue weighted by atomic mass is 9.93. The Balaban J connectivity index is 1.76. The van der Waals surface area contributed by atoms with Gasteiger partial charge >= 0.3 is 6.03 Å². The number of nitrogens with one attached hydrogen (secondary N) is 2. The first kappa shape index (κ1) is 12.2. The Morgan fingerprint density at radius 2 is 1.95 bits per heavy atom. The second-order valence-corrected chi connectivity index (χ2v) is 5.36. The number of hydrogen-bond acceptors (Lipinski definition) is 2. The quantitative estimate of drug-likeness (QED) is 0.840. The fourth-order valence-corrected chi connectivity index (χ4v) is 2.76. The van der Waals surface area contributed by atoms with E-state index in [1.807, 2.05) is 30.3 Å². The summed E-state index contributed by atoms with van der Waals surface area (Å²) in [5.41, 5.74) is 1.12. The molecule has 1 aliphatic carbocycles. The van der Waals surface area contributed by atoms with Crippen LogP contribution in [0.1, 0.15) is 43.7 Å². The molecule has 3 rings (SSSR count). The minimum Gasteiger partial charge on any atom is -0.335 e. The van der Waals surface area contributed by atoms with Gasteiger partial charge in [0, 0.05) is 12.5 Å². The molecule has 1 aromatic carbocycles. The third kappa shape index (κ3) is 2.35. The molecule has 0 bridgehead atoms. The van der Waals surface area contributed by atoms with Crippen molar-refractivity contribution >= 4 is 11.9 Å². The van der Waals surface area contributed by atoms with Gasteiger partial charge in [0.25, 0.3) is 0 Å². The lowest BCUT2D eigenvalue weighted by molar-refractivity contribution is 0.200. The highest BCUT2D eigenvalue weighted by Gasteiger charge is 2.35. The summed E-state index contributed by atoms with van der Waals surface area (Å²) in [7, 11) is 0. The zero-order valence-corrected chi connectivity index (χ0v) is 10.9. The fraction of sp³-hybridized carbons (Fsp3) is 0.467. The number of rotatable bonds is 2. The van der Waals surface area contributed by atoms with E-state index in [1.54, 1.807) is 4.90 Å². The molecule has 0 radical (unpaired) electrons. The number of likely N-dealkylation sites (tertiary alicyclic amines) is 1. The van der Waals surface area contributed by atoms with E-state index in [9.17, 15) is 4.79 Å². The number of urea groups is 1. The number of carbonyl (C=O) groups is 1. The molecule has 1 aliphatic heterocycles. The van der Waals surface area contributed by atoms with Crippen LogP contribution in [0.4, 0.5) is 4.79 Å². The van der Waals surface area contributed by atoms with Crippen molar-refractivity contribution in [3.05, 3.63) is 35.9 Å². The molecular formula is C15H19N3O. The van der Waals surface area contributed by atoms with E-state index in [1.165, 1.54) is 6.42 Å². The summed E-state index contributed by atoms with van der Waals surface area (Å²) in [5, 5.41) is 11.0. The van der Waals surface area contributed by atoms with Crippen LogP contribution in [0.25, 0.3) is 0 Å². The molecule has 100 valence electrons. The maximum Gasteiger partial charge on any atom is 0.323 e. The van der Waals surface area contributed by atoms with E-state index in [0.717, 1.165) is 24.8 Å². The monoisotopic (exact) mass is 257 g/mol. The predicted octanol–water partition coefficient (Wildman–Crippen LogP) is 3.06. The first-order chi connectivity index (χ1) is 9.25. The molecule has 2 aliphatic rings. The van der Waals surface area contributed by atoms with Crippen molar-refractivity contribution in [2.24, 2.45) is 0 Å². The van der Waals surface area contributed by atoms with Gasteiger partial charge in [-0.05, 0) is 31.2 Å². The summed E-state index contributed by atoms with van der Waals surface area (Å²) >= 11 is 0. The zero-order chi connectivity index (χ0) is 13.2. The Labute approximate surface area is 113 Å². The van der Waals surface area contributed by atoms with Crippen LogP contribution in [0, 0.1) is 5.41 Å². The first-order valence-corrected chi connectivity index (χ1v) is 6.98. The molecule has 1 saturated heterocycles. The lowest BCUT2D eigenvalue weighted by Gasteiger charge is -2.31. The van der Waals surface area contributed by atoms with Crippen molar-refractivity contribution in [3.63, 3.8) is 0 Å². The Bertz CT molecular complexity index is 481. The second kappa shape index (κ2) is 5.03. The molecule has 1 atom stereocenters. The molecule has 4 nitrogen and oxygen atoms in total. The maximum absolute atomic E-state index is 12.3. The van der Waals surface area contributed by atoms with Gasteiger partial charge in [-0.25, -0.2) is 4.79 Å². The first-order valence-electron chi connectivity index (χ1n) is 6.98. The van der Waals surface area contributed by atoms with Crippen molar-refractivity contribution < 1.29 is 4.79 Å². The highest BCUT2D eigenvalue weighted by Crippen LogP contribution is 2.33. The van der Waals surface area contributed by atoms with Gasteiger partial charge in [0.05, 0.1) is 6.04 Å². The smallest absolute Gasteiger partial charge is 0.323 e. The van der Waals surface area contributed by atoms with E-state index < -0.39 is 0 Å². The molecule has 2 fully saturated rings. The number of amidine groups is 1. The van der Waals surface area contributed by atoms with Crippen LogP contribution in [0.2, 0.25) is 0 Å². The summed E-state index contributed by atoms with van der Waals surface area (Å²) < 4.78 is 0. The standard InChI is InChI=1S/C15H19N3O/c16-14-10-9-13(11-5-2-1-3-6-11)18(14)15(19)17-12-7-4-8-12/h1-3,5-6,12-13,16H,4,7-10H2,(H,17,19). The molecule has 2 N–H and O–H groups in total. The SMILES string of the molecule is N=C1CCC(c2ccccc2)N1C(=O)NC1CCC1. The Morgan fingerprint density at radius 3 is 2.58 bits per heavy atom. The molecule has 1 heterocycles. The molecular weight excluding hydrogens is 238 g/mol. The molecule has 1 saturated carbocycles. The van der Waals surface area contributed by atoms with Crippen LogP contribution in [-0.2, 0) is 0 Å². The Hall–Kier alpha value is -1.84. The summed E-state index contributed by atoms with van der Waals surface area (Å²) in [6, 6.07) is 10.3. The van der Waals surface area contributed by atoms with E-state index in [4.69, 9.17) is 5.41 Å². The van der Waals surface area contributed by atoms with Gasteiger partial charge in [-0.1, -0.05) is 30.3 Å². The van der Waals surface area contributed by atoms with Crippen LogP contribution in [0.3, 0.4) is 0 Å². The van der Waals surface area contributed by atoms with Crippen LogP contribution in [-0.4, -0.2) is 22.8 Å². The highest BCUT2D eigenvalue weighted by molar-refractivity contribution is 5.98. The van der Waals surface area contributed by atoms with Crippen molar-refractivity contribution in [3.8, 4) is 0 Å². The molecule has 1 unspecified atom stereocenters. The van der Waals surface area contributed by atoms with Crippen molar-refractivity contribution in [1.29, 1.82) is 5.41 Å². The Kier molecular flexibility index (Phi) is 3.23. The second-order valence-electron chi connectivity index (χ2n) is 5.36. The van der Waals surface area contributed by atoms with Crippen molar-refractivity contribution in [2.45, 2.75) is 44.2 Å². The minimum absolute atomic E-state index is 0.0220. The number of hydrogen-bond donors (Lipinski definition) is 2. The van der Waals surface area contributed by atoms with Gasteiger partial charge in [0.15, 0.2) is 0 Å². The minimum atomic E-state index is -0.0962. The largest absolute Gasteiger partial charge is 0.335 e. The van der Waals surface area contributed by atoms with Crippen LogP contribution in [0.15, 0.2) is 30.3 Å². The summed E-state index contributed by atoms with van der Waals surface area (Å²) in [6.07, 6.45) is 4.87. The number of amides is 2. The fourth-order valence-electron chi connectivity index (χ4n) is 2.76. The number of benzene rings is 1. The molecule has 1 aromatic rings. The van der Waals surface area contributed by atoms with E-state index in [-0.39, 0.29) is 12.1 Å². The lowest BCUT2D eigenvalue weighted by Crippen LogP contribution is -2.48. The van der Waals surface area contributed by atoms with E-state index in [0.29, 0.717) is 18.3 Å². The van der Waals surface area contributed by atoms with Gasteiger partial charge in [-0.3, -0.25) is 10.3 Å². The van der Waals surface area contributed by atoms with Gasteiger partial charge in [-0.15, -0.1) is 0 Å². The molecule has 4 heteroatoms. The maximum atomic E-state index is 12.3. The topological polar surface area (TPSA) is 56.2 Å². The number of nitrogens with zero attached hydrogens (tertiary/aromatic N) is 1. The number of carbonyl (C=O) groups excluding carboxylic acids is 1. The Morgan fingerprint density at radius 1 is 1.21 bits per heavy atom. The summed E-state index contributed by atoms with van der Waals surface area (Å²) in [4.78, 5) is 13.9. The molecule has 19 heavy (non-hydrogen) atoms. The summed E-state index contributed by atoms with van der Waals surface area (Å²) in [5.74, 6) is 0.436. The molecule has 2 amide bonds. The van der Waals surface area contributed by atoms with Gasteiger partial charge < -0.3 is 5.32 Å². The van der Waals surface area contributed by atoms with Gasteiger partial charge in [0.2, 0.25) is 0 Å². The summed E-state index contributed by atoms with van der Waals surface area (Å²) in [6.45, 7) is 0. The van der Waals surface area contributed by atoms with Crippen LogP contribution < -0.4 is 5.32 Å². The van der Waals surface area contributed by atoms with Crippen molar-refractivity contribution in [2.75, 3.05) is 0 Å². The van der Waals surface area contributed by atoms with Gasteiger partial charge in [0.1, 0.15) is 5.84 Å². The van der Waals surface area contributed by atoms with E-state index in [2.05, 4.69) is 5.32 Å². The average molecular weight is 257 g/mol. The highest BCUT2D eigenvalue weighted by atomic mass is 16.2. The average Bonchev–Trinajstić information content (AvgIpc) is 2.77.